The highest BCUT2D eigenvalue weighted by Gasteiger charge is 2.23. The van der Waals surface area contributed by atoms with Crippen LogP contribution in [0.25, 0.3) is 11.3 Å². The van der Waals surface area contributed by atoms with E-state index in [2.05, 4.69) is 9.89 Å². The molecule has 0 saturated heterocycles. The third-order valence-corrected chi connectivity index (χ3v) is 3.60. The largest absolute Gasteiger partial charge is 0.465 e. The molecule has 0 fully saturated rings. The van der Waals surface area contributed by atoms with Crippen LogP contribution in [0.3, 0.4) is 0 Å². The first-order valence-electron chi connectivity index (χ1n) is 7.52. The summed E-state index contributed by atoms with van der Waals surface area (Å²) in [5.41, 5.74) is 1.82. The average Bonchev–Trinajstić information content (AvgIpc) is 3.04. The Morgan fingerprint density at radius 2 is 1.64 bits per heavy atom. The summed E-state index contributed by atoms with van der Waals surface area (Å²) in [5, 5.41) is 3.96. The zero-order valence-electron chi connectivity index (χ0n) is 13.7. The highest BCUT2D eigenvalue weighted by Crippen LogP contribution is 2.26. The molecule has 0 atom stereocenters. The predicted octanol–water partition coefficient (Wildman–Crippen LogP) is 3.66. The second-order valence-corrected chi connectivity index (χ2v) is 5.23. The average molecular weight is 337 g/mol. The Labute approximate surface area is 144 Å². The minimum Gasteiger partial charge on any atom is -0.465 e. The normalized spacial score (nSPS) is 10.3. The molecule has 0 aliphatic carbocycles. The summed E-state index contributed by atoms with van der Waals surface area (Å²) >= 11 is 0. The lowest BCUT2D eigenvalue weighted by Gasteiger charge is -2.06. The second kappa shape index (κ2) is 7.00. The summed E-state index contributed by atoms with van der Waals surface area (Å²) < 4.78 is 15.2. The zero-order valence-corrected chi connectivity index (χ0v) is 13.7. The summed E-state index contributed by atoms with van der Waals surface area (Å²) in [7, 11) is 1.30. The Kier molecular flexibility index (Phi) is 4.61. The molecule has 3 rings (SSSR count). The smallest absolute Gasteiger partial charge is 0.349 e. The fourth-order valence-corrected chi connectivity index (χ4v) is 2.34. The number of nitrogens with zero attached hydrogens (tertiary/aromatic N) is 1. The molecule has 2 aromatic carbocycles. The molecule has 1 aromatic heterocycles. The van der Waals surface area contributed by atoms with Gasteiger partial charge in [0.15, 0.2) is 0 Å². The molecule has 0 saturated carbocycles. The van der Waals surface area contributed by atoms with E-state index in [1.807, 2.05) is 30.3 Å². The van der Waals surface area contributed by atoms with Crippen LogP contribution >= 0.6 is 0 Å². The van der Waals surface area contributed by atoms with Crippen molar-refractivity contribution in [3.8, 4) is 17.0 Å². The molecule has 0 spiro atoms. The van der Waals surface area contributed by atoms with Crippen molar-refractivity contribution in [2.45, 2.75) is 6.92 Å². The topological polar surface area (TPSA) is 78.6 Å². The fourth-order valence-electron chi connectivity index (χ4n) is 2.34. The van der Waals surface area contributed by atoms with E-state index in [1.165, 1.54) is 31.4 Å². The molecule has 0 unspecified atom stereocenters. The van der Waals surface area contributed by atoms with Crippen LogP contribution in [0.4, 0.5) is 0 Å². The van der Waals surface area contributed by atoms with Gasteiger partial charge in [-0.3, -0.25) is 0 Å². The van der Waals surface area contributed by atoms with Crippen molar-refractivity contribution in [2.24, 2.45) is 0 Å². The van der Waals surface area contributed by atoms with Crippen LogP contribution in [0, 0.1) is 6.92 Å². The van der Waals surface area contributed by atoms with Gasteiger partial charge in [-0.05, 0) is 31.2 Å². The second-order valence-electron chi connectivity index (χ2n) is 5.23. The summed E-state index contributed by atoms with van der Waals surface area (Å²) in [6.45, 7) is 1.65. The third-order valence-electron chi connectivity index (χ3n) is 3.60. The fraction of sp³-hybridized carbons (Fsp3) is 0.105. The number of aryl methyl sites for hydroxylation is 1. The van der Waals surface area contributed by atoms with E-state index < -0.39 is 11.9 Å². The molecular formula is C19H15NO5. The Morgan fingerprint density at radius 3 is 2.28 bits per heavy atom. The molecule has 6 nitrogen and oxygen atoms in total. The molecule has 0 amide bonds. The number of ether oxygens (including phenoxy) is 2. The van der Waals surface area contributed by atoms with E-state index in [0.29, 0.717) is 22.8 Å². The summed E-state index contributed by atoms with van der Waals surface area (Å²) in [6, 6.07) is 15.3. The van der Waals surface area contributed by atoms with Gasteiger partial charge >= 0.3 is 11.9 Å². The van der Waals surface area contributed by atoms with E-state index >= 15 is 0 Å². The Hall–Kier alpha value is -3.41. The van der Waals surface area contributed by atoms with Crippen LogP contribution in [0.2, 0.25) is 0 Å². The Bertz CT molecular complexity index is 897. The number of benzene rings is 2. The Morgan fingerprint density at radius 1 is 0.960 bits per heavy atom. The predicted molar refractivity (Wildman–Crippen MR) is 89.4 cm³/mol. The van der Waals surface area contributed by atoms with Crippen LogP contribution in [0.15, 0.2) is 59.1 Å². The van der Waals surface area contributed by atoms with Gasteiger partial charge in [0.25, 0.3) is 0 Å². The molecule has 25 heavy (non-hydrogen) atoms. The third kappa shape index (κ3) is 3.42. The van der Waals surface area contributed by atoms with Crippen molar-refractivity contribution in [1.29, 1.82) is 0 Å². The van der Waals surface area contributed by atoms with Crippen LogP contribution in [0.5, 0.6) is 5.75 Å². The highest BCUT2D eigenvalue weighted by molar-refractivity contribution is 5.98. The van der Waals surface area contributed by atoms with Crippen LogP contribution in [-0.4, -0.2) is 24.2 Å². The molecular weight excluding hydrogens is 322 g/mol. The van der Waals surface area contributed by atoms with Crippen molar-refractivity contribution in [1.82, 2.24) is 5.16 Å². The molecule has 3 aromatic rings. The number of hydrogen-bond acceptors (Lipinski definition) is 6. The number of hydrogen-bond donors (Lipinski definition) is 0. The number of carbonyl (C=O) groups is 2. The maximum Gasteiger partial charge on any atom is 0.349 e. The van der Waals surface area contributed by atoms with Crippen molar-refractivity contribution < 1.29 is 23.6 Å². The minimum atomic E-state index is -0.580. The van der Waals surface area contributed by atoms with Gasteiger partial charge in [-0.15, -0.1) is 0 Å². The van der Waals surface area contributed by atoms with Gasteiger partial charge in [-0.1, -0.05) is 35.5 Å². The number of esters is 2. The first-order valence-corrected chi connectivity index (χ1v) is 7.52. The summed E-state index contributed by atoms with van der Waals surface area (Å²) in [4.78, 5) is 24.0. The monoisotopic (exact) mass is 337 g/mol. The lowest BCUT2D eigenvalue weighted by molar-refractivity contribution is 0.0600. The maximum absolute atomic E-state index is 12.6. The van der Waals surface area contributed by atoms with Crippen molar-refractivity contribution in [2.75, 3.05) is 7.11 Å². The van der Waals surface area contributed by atoms with E-state index in [-0.39, 0.29) is 5.56 Å². The quantitative estimate of drug-likeness (QED) is 0.534. The number of carbonyl (C=O) groups excluding carboxylic acids is 2. The number of methoxy groups -OCH3 is 1. The van der Waals surface area contributed by atoms with Gasteiger partial charge in [0.2, 0.25) is 0 Å². The van der Waals surface area contributed by atoms with Gasteiger partial charge in [-0.2, -0.15) is 0 Å². The number of rotatable bonds is 4. The SMILES string of the molecule is COC(=O)c1ccc(OC(=O)c2c(-c3ccccc3)noc2C)cc1. The van der Waals surface area contributed by atoms with E-state index in [1.54, 1.807) is 6.92 Å². The first kappa shape index (κ1) is 16.4. The van der Waals surface area contributed by atoms with Gasteiger partial charge in [-0.25, -0.2) is 9.59 Å². The molecule has 1 heterocycles. The molecule has 0 bridgehead atoms. The van der Waals surface area contributed by atoms with Crippen LogP contribution in [-0.2, 0) is 4.74 Å². The maximum atomic E-state index is 12.6. The molecule has 6 heteroatoms. The lowest BCUT2D eigenvalue weighted by Crippen LogP contribution is -2.10. The number of aromatic nitrogens is 1. The summed E-state index contributed by atoms with van der Waals surface area (Å²) in [6.07, 6.45) is 0. The van der Waals surface area contributed by atoms with Crippen LogP contribution in [0.1, 0.15) is 26.5 Å². The van der Waals surface area contributed by atoms with E-state index in [0.717, 1.165) is 5.56 Å². The Balaban J connectivity index is 1.85. The molecule has 0 radical (unpaired) electrons. The zero-order chi connectivity index (χ0) is 17.8. The van der Waals surface area contributed by atoms with Crippen molar-refractivity contribution >= 4 is 11.9 Å². The van der Waals surface area contributed by atoms with Crippen LogP contribution < -0.4 is 4.74 Å². The molecule has 126 valence electrons. The standard InChI is InChI=1S/C19H15NO5/c1-12-16(17(20-25-12)13-6-4-3-5-7-13)19(22)24-15-10-8-14(9-11-15)18(21)23-2/h3-11H,1-2H3. The highest BCUT2D eigenvalue weighted by atomic mass is 16.5. The van der Waals surface area contributed by atoms with E-state index in [9.17, 15) is 9.59 Å². The molecule has 0 N–H and O–H groups in total. The van der Waals surface area contributed by atoms with Crippen molar-refractivity contribution in [3.05, 3.63) is 71.5 Å². The van der Waals surface area contributed by atoms with Gasteiger partial charge < -0.3 is 14.0 Å². The van der Waals surface area contributed by atoms with E-state index in [4.69, 9.17) is 9.26 Å². The summed E-state index contributed by atoms with van der Waals surface area (Å²) in [5.74, 6) is -0.366. The lowest BCUT2D eigenvalue weighted by atomic mass is 10.1. The minimum absolute atomic E-state index is 0.267. The molecule has 0 aliphatic heterocycles. The van der Waals surface area contributed by atoms with Gasteiger partial charge in [0.05, 0.1) is 12.7 Å². The van der Waals surface area contributed by atoms with Gasteiger partial charge in [0.1, 0.15) is 22.8 Å². The van der Waals surface area contributed by atoms with Gasteiger partial charge in [0, 0.05) is 5.56 Å². The van der Waals surface area contributed by atoms with Crippen molar-refractivity contribution in [3.63, 3.8) is 0 Å². The molecule has 0 aliphatic rings. The first-order chi connectivity index (χ1) is 12.1.